The van der Waals surface area contributed by atoms with E-state index in [-0.39, 0.29) is 0 Å². The first-order valence-electron chi connectivity index (χ1n) is 3.88. The van der Waals surface area contributed by atoms with Crippen LogP contribution in [-0.2, 0) is 0 Å². The Kier molecular flexibility index (Phi) is 17.9. The summed E-state index contributed by atoms with van der Waals surface area (Å²) in [6.07, 6.45) is 11.1. The monoisotopic (exact) mass is 164 g/mol. The molecule has 0 aliphatic carbocycles. The van der Waals surface area contributed by atoms with E-state index in [2.05, 4.69) is 11.6 Å². The fourth-order valence-electron chi connectivity index (χ4n) is 0.315. The number of hydrogen-bond donors (Lipinski definition) is 1. The Hall–Kier alpha value is -1.44. The van der Waals surface area contributed by atoms with Crippen molar-refractivity contribution in [1.82, 2.24) is 0 Å². The highest BCUT2D eigenvalue weighted by Gasteiger charge is 1.59. The minimum absolute atomic E-state index is 1.20. The normalized spacial score (nSPS) is 10.2. The SMILES string of the molecule is C=C/C=C/N=C/C=C/C=N.CC. The fraction of sp³-hybridized carbons (Fsp3) is 0.200. The maximum Gasteiger partial charge on any atom is 0.0268 e. The van der Waals surface area contributed by atoms with Gasteiger partial charge in [-0.25, -0.2) is 0 Å². The van der Waals surface area contributed by atoms with E-state index in [1.54, 1.807) is 36.7 Å². The minimum atomic E-state index is 1.20. The van der Waals surface area contributed by atoms with Gasteiger partial charge in [0.05, 0.1) is 0 Å². The van der Waals surface area contributed by atoms with Gasteiger partial charge in [-0.1, -0.05) is 26.5 Å². The molecule has 0 heterocycles. The van der Waals surface area contributed by atoms with E-state index in [0.29, 0.717) is 0 Å². The van der Waals surface area contributed by atoms with Crippen LogP contribution in [0, 0.1) is 5.41 Å². The molecule has 0 saturated carbocycles. The molecule has 0 aliphatic rings. The van der Waals surface area contributed by atoms with Gasteiger partial charge < -0.3 is 5.41 Å². The highest BCUT2D eigenvalue weighted by molar-refractivity contribution is 5.80. The lowest BCUT2D eigenvalue weighted by molar-refractivity contribution is 1.50. The number of aliphatic imine (C=N–C) groups is 1. The van der Waals surface area contributed by atoms with Crippen molar-refractivity contribution in [3.63, 3.8) is 0 Å². The number of allylic oxidation sites excluding steroid dienone is 4. The average Bonchev–Trinajstić information content (AvgIpc) is 2.15. The summed E-state index contributed by atoms with van der Waals surface area (Å²) in [6.45, 7) is 7.48. The predicted octanol–water partition coefficient (Wildman–Crippen LogP) is 2.99. The summed E-state index contributed by atoms with van der Waals surface area (Å²) < 4.78 is 0. The molecule has 0 aromatic heterocycles. The first-order chi connectivity index (χ1) is 5.91. The minimum Gasteiger partial charge on any atom is -0.309 e. The molecular formula is C10H16N2. The molecule has 0 saturated heterocycles. The second-order valence-corrected chi connectivity index (χ2v) is 1.43. The van der Waals surface area contributed by atoms with Gasteiger partial charge in [-0.15, -0.1) is 0 Å². The lowest BCUT2D eigenvalue weighted by Gasteiger charge is -1.70. The summed E-state index contributed by atoms with van der Waals surface area (Å²) in [6, 6.07) is 0. The van der Waals surface area contributed by atoms with Gasteiger partial charge in [-0.2, -0.15) is 0 Å². The molecule has 0 fully saturated rings. The van der Waals surface area contributed by atoms with Crippen molar-refractivity contribution in [2.45, 2.75) is 13.8 Å². The predicted molar refractivity (Wildman–Crippen MR) is 57.1 cm³/mol. The molecule has 2 heteroatoms. The molecule has 0 bridgehead atoms. The molecule has 0 unspecified atom stereocenters. The topological polar surface area (TPSA) is 36.2 Å². The molecule has 0 atom stereocenters. The third-order valence-electron chi connectivity index (χ3n) is 0.688. The van der Waals surface area contributed by atoms with Crippen LogP contribution in [0.25, 0.3) is 0 Å². The molecule has 2 nitrogen and oxygen atoms in total. The van der Waals surface area contributed by atoms with E-state index in [1.165, 1.54) is 6.21 Å². The Bertz CT molecular complexity index is 156. The van der Waals surface area contributed by atoms with Crippen LogP contribution in [0.15, 0.2) is 42.1 Å². The molecule has 0 radical (unpaired) electrons. The van der Waals surface area contributed by atoms with Crippen LogP contribution >= 0.6 is 0 Å². The molecule has 0 aromatic carbocycles. The fourth-order valence-corrected chi connectivity index (χ4v) is 0.315. The molecule has 0 aliphatic heterocycles. The van der Waals surface area contributed by atoms with Crippen molar-refractivity contribution in [3.8, 4) is 0 Å². The van der Waals surface area contributed by atoms with Crippen LogP contribution in [-0.4, -0.2) is 12.4 Å². The third-order valence-corrected chi connectivity index (χ3v) is 0.688. The second kappa shape index (κ2) is 16.3. The Morgan fingerprint density at radius 2 is 1.83 bits per heavy atom. The zero-order valence-electron chi connectivity index (χ0n) is 7.70. The van der Waals surface area contributed by atoms with E-state index in [9.17, 15) is 0 Å². The van der Waals surface area contributed by atoms with Crippen molar-refractivity contribution in [3.05, 3.63) is 37.1 Å². The van der Waals surface area contributed by atoms with Gasteiger partial charge in [0.25, 0.3) is 0 Å². The van der Waals surface area contributed by atoms with Crippen LogP contribution in [0.4, 0.5) is 0 Å². The average molecular weight is 164 g/mol. The molecule has 0 spiro atoms. The quantitative estimate of drug-likeness (QED) is 0.490. The maximum atomic E-state index is 6.61. The maximum absolute atomic E-state index is 6.61. The molecule has 0 amide bonds. The number of rotatable bonds is 4. The van der Waals surface area contributed by atoms with Crippen molar-refractivity contribution in [1.29, 1.82) is 5.41 Å². The van der Waals surface area contributed by atoms with Gasteiger partial charge in [0.15, 0.2) is 0 Å². The second-order valence-electron chi connectivity index (χ2n) is 1.43. The highest BCUT2D eigenvalue weighted by Crippen LogP contribution is 1.73. The summed E-state index contributed by atoms with van der Waals surface area (Å²) in [5.41, 5.74) is 0. The first kappa shape index (κ1) is 13.2. The van der Waals surface area contributed by atoms with E-state index in [1.807, 2.05) is 13.8 Å². The van der Waals surface area contributed by atoms with Gasteiger partial charge >= 0.3 is 0 Å². The Labute approximate surface area is 74.5 Å². The summed E-state index contributed by atoms with van der Waals surface area (Å²) in [7, 11) is 0. The Morgan fingerprint density at radius 1 is 1.17 bits per heavy atom. The molecular weight excluding hydrogens is 148 g/mol. The standard InChI is InChI=1S/C8H10N2.C2H6/c1-2-3-7-10-8-5-4-6-9;1-2/h2-9H,1H2;1-2H3/b5-4+,7-3+,9-6?,10-8+;. The number of nitrogens with one attached hydrogen (secondary N) is 1. The van der Waals surface area contributed by atoms with Crippen LogP contribution in [0.3, 0.4) is 0 Å². The molecule has 66 valence electrons. The molecule has 1 N–H and O–H groups in total. The largest absolute Gasteiger partial charge is 0.309 e. The van der Waals surface area contributed by atoms with Crippen molar-refractivity contribution in [2.24, 2.45) is 4.99 Å². The first-order valence-corrected chi connectivity index (χ1v) is 3.88. The van der Waals surface area contributed by atoms with E-state index >= 15 is 0 Å². The number of hydrogen-bond acceptors (Lipinski definition) is 2. The summed E-state index contributed by atoms with van der Waals surface area (Å²) in [5, 5.41) is 6.61. The Morgan fingerprint density at radius 3 is 2.33 bits per heavy atom. The van der Waals surface area contributed by atoms with E-state index < -0.39 is 0 Å². The van der Waals surface area contributed by atoms with Gasteiger partial charge in [0, 0.05) is 18.6 Å². The third kappa shape index (κ3) is 15.8. The lowest BCUT2D eigenvalue weighted by Crippen LogP contribution is -1.62. The smallest absolute Gasteiger partial charge is 0.0268 e. The van der Waals surface area contributed by atoms with Gasteiger partial charge in [-0.05, 0) is 18.2 Å². The van der Waals surface area contributed by atoms with E-state index in [0.717, 1.165) is 0 Å². The van der Waals surface area contributed by atoms with Crippen LogP contribution < -0.4 is 0 Å². The van der Waals surface area contributed by atoms with E-state index in [4.69, 9.17) is 5.41 Å². The lowest BCUT2D eigenvalue weighted by atomic mass is 10.5. The van der Waals surface area contributed by atoms with Gasteiger partial charge in [0.1, 0.15) is 0 Å². The molecule has 12 heavy (non-hydrogen) atoms. The summed E-state index contributed by atoms with van der Waals surface area (Å²) in [4.78, 5) is 3.83. The zero-order chi connectivity index (χ0) is 9.66. The van der Waals surface area contributed by atoms with Crippen molar-refractivity contribution >= 4 is 12.4 Å². The molecule has 0 rings (SSSR count). The number of nitrogens with zero attached hydrogens (tertiary/aromatic N) is 1. The zero-order valence-corrected chi connectivity index (χ0v) is 7.70. The van der Waals surface area contributed by atoms with Crippen LogP contribution in [0.1, 0.15) is 13.8 Å². The highest BCUT2D eigenvalue weighted by atomic mass is 14.6. The van der Waals surface area contributed by atoms with Gasteiger partial charge in [-0.3, -0.25) is 4.99 Å². The summed E-state index contributed by atoms with van der Waals surface area (Å²) in [5.74, 6) is 0. The Balaban J connectivity index is 0. The summed E-state index contributed by atoms with van der Waals surface area (Å²) >= 11 is 0. The van der Waals surface area contributed by atoms with Crippen molar-refractivity contribution < 1.29 is 0 Å². The van der Waals surface area contributed by atoms with Gasteiger partial charge in [0.2, 0.25) is 0 Å². The molecule has 0 aromatic rings. The van der Waals surface area contributed by atoms with Crippen LogP contribution in [0.2, 0.25) is 0 Å². The van der Waals surface area contributed by atoms with Crippen molar-refractivity contribution in [2.75, 3.05) is 0 Å². The van der Waals surface area contributed by atoms with Crippen LogP contribution in [0.5, 0.6) is 0 Å².